The van der Waals surface area contributed by atoms with Crippen molar-refractivity contribution in [1.29, 1.82) is 5.26 Å². The largest absolute Gasteiger partial charge is 0.493 e. The van der Waals surface area contributed by atoms with Crippen LogP contribution in [0.3, 0.4) is 0 Å². The molecule has 2 N–H and O–H groups in total. The molecule has 5 heteroatoms. The monoisotopic (exact) mass is 463 g/mol. The standard InChI is InChI=1S/C29H37NO4/c30-21-26(18-23-10-11-24-14-17-34-29(24)19-23)25-12-13-28(27(20-25)22-32)33-16-9-7-5-3-1-2-4-6-8-15-31/h10-13,18-20,31-32H,1-9,14-17,22H2/b26-18+. The van der Waals surface area contributed by atoms with Crippen LogP contribution in [0.25, 0.3) is 11.6 Å². The van der Waals surface area contributed by atoms with Crippen LogP contribution < -0.4 is 9.47 Å². The minimum absolute atomic E-state index is 0.134. The van der Waals surface area contributed by atoms with Crippen molar-refractivity contribution in [2.45, 2.75) is 70.8 Å². The molecular weight excluding hydrogens is 426 g/mol. The summed E-state index contributed by atoms with van der Waals surface area (Å²) in [4.78, 5) is 0. The van der Waals surface area contributed by atoms with E-state index in [-0.39, 0.29) is 6.61 Å². The number of rotatable bonds is 15. The fourth-order valence-electron chi connectivity index (χ4n) is 4.26. The molecule has 34 heavy (non-hydrogen) atoms. The highest BCUT2D eigenvalue weighted by Gasteiger charge is 2.13. The van der Waals surface area contributed by atoms with Gasteiger partial charge in [-0.3, -0.25) is 0 Å². The molecule has 0 fully saturated rings. The Bertz CT molecular complexity index is 977. The molecule has 0 radical (unpaired) electrons. The Morgan fingerprint density at radius 2 is 1.68 bits per heavy atom. The van der Waals surface area contributed by atoms with Gasteiger partial charge in [-0.15, -0.1) is 0 Å². The highest BCUT2D eigenvalue weighted by Crippen LogP contribution is 2.29. The average Bonchev–Trinajstić information content (AvgIpc) is 3.34. The Hall–Kier alpha value is -2.81. The van der Waals surface area contributed by atoms with Crippen LogP contribution in [0.15, 0.2) is 36.4 Å². The summed E-state index contributed by atoms with van der Waals surface area (Å²) >= 11 is 0. The van der Waals surface area contributed by atoms with E-state index in [1.807, 2.05) is 36.4 Å². The first kappa shape index (κ1) is 25.8. The van der Waals surface area contributed by atoms with E-state index < -0.39 is 0 Å². The van der Waals surface area contributed by atoms with Crippen molar-refractivity contribution in [2.24, 2.45) is 0 Å². The number of aliphatic hydroxyl groups excluding tert-OH is 2. The molecule has 2 aromatic rings. The number of nitrogens with zero attached hydrogens (tertiary/aromatic N) is 1. The van der Waals surface area contributed by atoms with Gasteiger partial charge < -0.3 is 19.7 Å². The summed E-state index contributed by atoms with van der Waals surface area (Å²) in [6, 6.07) is 13.9. The Morgan fingerprint density at radius 3 is 2.38 bits per heavy atom. The van der Waals surface area contributed by atoms with Crippen molar-refractivity contribution in [3.05, 3.63) is 58.7 Å². The van der Waals surface area contributed by atoms with Gasteiger partial charge in [0.15, 0.2) is 0 Å². The second-order valence-corrected chi connectivity index (χ2v) is 8.87. The molecule has 1 heterocycles. The Labute approximate surface area is 203 Å². The average molecular weight is 464 g/mol. The van der Waals surface area contributed by atoms with E-state index in [0.717, 1.165) is 49.0 Å². The van der Waals surface area contributed by atoms with Gasteiger partial charge in [-0.05, 0) is 59.9 Å². The molecule has 1 aliphatic rings. The Balaban J connectivity index is 1.47. The highest BCUT2D eigenvalue weighted by molar-refractivity contribution is 5.90. The first-order valence-corrected chi connectivity index (χ1v) is 12.6. The van der Waals surface area contributed by atoms with Crippen molar-refractivity contribution in [1.82, 2.24) is 0 Å². The quantitative estimate of drug-likeness (QED) is 0.191. The third-order valence-corrected chi connectivity index (χ3v) is 6.25. The van der Waals surface area contributed by atoms with Crippen molar-refractivity contribution >= 4 is 11.6 Å². The lowest BCUT2D eigenvalue weighted by molar-refractivity contribution is 0.260. The molecule has 1 aliphatic heterocycles. The number of fused-ring (bicyclic) bond motifs is 1. The number of hydrogen-bond donors (Lipinski definition) is 2. The highest BCUT2D eigenvalue weighted by atomic mass is 16.5. The molecule has 182 valence electrons. The van der Waals surface area contributed by atoms with Crippen LogP contribution in [0, 0.1) is 11.3 Å². The van der Waals surface area contributed by atoms with Crippen molar-refractivity contribution in [3.8, 4) is 17.6 Å². The minimum atomic E-state index is -0.134. The minimum Gasteiger partial charge on any atom is -0.493 e. The van der Waals surface area contributed by atoms with E-state index in [1.54, 1.807) is 0 Å². The van der Waals surface area contributed by atoms with Gasteiger partial charge in [-0.25, -0.2) is 0 Å². The van der Waals surface area contributed by atoms with Crippen LogP contribution in [-0.2, 0) is 13.0 Å². The van der Waals surface area contributed by atoms with Gasteiger partial charge in [0.2, 0.25) is 0 Å². The van der Waals surface area contributed by atoms with Crippen LogP contribution in [-0.4, -0.2) is 30.0 Å². The fraction of sp³-hybridized carbons (Fsp3) is 0.483. The number of aliphatic hydroxyl groups is 2. The first-order chi connectivity index (χ1) is 16.7. The molecule has 0 spiro atoms. The van der Waals surface area contributed by atoms with E-state index in [9.17, 15) is 10.4 Å². The normalized spacial score (nSPS) is 12.8. The molecule has 0 amide bonds. The fourth-order valence-corrected chi connectivity index (χ4v) is 4.26. The lowest BCUT2D eigenvalue weighted by atomic mass is 10.0. The molecular formula is C29H37NO4. The van der Waals surface area contributed by atoms with Gasteiger partial charge in [0.1, 0.15) is 11.5 Å². The molecule has 0 aliphatic carbocycles. The number of unbranched alkanes of at least 4 members (excludes halogenated alkanes) is 8. The molecule has 0 saturated heterocycles. The maximum absolute atomic E-state index is 9.86. The number of hydrogen-bond acceptors (Lipinski definition) is 5. The number of allylic oxidation sites excluding steroid dienone is 1. The number of benzene rings is 2. The van der Waals surface area contributed by atoms with E-state index in [1.165, 1.54) is 37.7 Å². The predicted octanol–water partition coefficient (Wildman–Crippen LogP) is 6.06. The zero-order valence-electron chi connectivity index (χ0n) is 20.1. The molecule has 0 saturated carbocycles. The summed E-state index contributed by atoms with van der Waals surface area (Å²) in [7, 11) is 0. The third-order valence-electron chi connectivity index (χ3n) is 6.25. The lowest BCUT2D eigenvalue weighted by Gasteiger charge is -2.12. The lowest BCUT2D eigenvalue weighted by Crippen LogP contribution is -2.01. The Kier molecular flexibility index (Phi) is 11.0. The van der Waals surface area contributed by atoms with Crippen molar-refractivity contribution in [2.75, 3.05) is 19.8 Å². The summed E-state index contributed by atoms with van der Waals surface area (Å²) in [5, 5.41) is 28.4. The van der Waals surface area contributed by atoms with E-state index >= 15 is 0 Å². The molecule has 3 rings (SSSR count). The smallest absolute Gasteiger partial charge is 0.124 e. The van der Waals surface area contributed by atoms with Gasteiger partial charge in [0.05, 0.1) is 31.5 Å². The van der Waals surface area contributed by atoms with E-state index in [4.69, 9.17) is 14.6 Å². The molecule has 0 atom stereocenters. The summed E-state index contributed by atoms with van der Waals surface area (Å²) in [5.41, 5.74) is 4.12. The second kappa shape index (κ2) is 14.5. The van der Waals surface area contributed by atoms with Gasteiger partial charge in [-0.2, -0.15) is 5.26 Å². The predicted molar refractivity (Wildman–Crippen MR) is 136 cm³/mol. The zero-order chi connectivity index (χ0) is 24.0. The summed E-state index contributed by atoms with van der Waals surface area (Å²) in [6.07, 6.45) is 13.1. The van der Waals surface area contributed by atoms with E-state index in [2.05, 4.69) is 12.1 Å². The third kappa shape index (κ3) is 7.90. The number of nitriles is 1. The second-order valence-electron chi connectivity index (χ2n) is 8.87. The summed E-state index contributed by atoms with van der Waals surface area (Å²) < 4.78 is 11.6. The van der Waals surface area contributed by atoms with Crippen molar-refractivity contribution < 1.29 is 19.7 Å². The number of ether oxygens (including phenoxy) is 2. The van der Waals surface area contributed by atoms with E-state index in [0.29, 0.717) is 36.7 Å². The first-order valence-electron chi connectivity index (χ1n) is 12.6. The van der Waals surface area contributed by atoms with Gasteiger partial charge in [0.25, 0.3) is 0 Å². The topological polar surface area (TPSA) is 82.7 Å². The van der Waals surface area contributed by atoms with Crippen LogP contribution in [0.4, 0.5) is 0 Å². The molecule has 0 bridgehead atoms. The van der Waals surface area contributed by atoms with Crippen LogP contribution in [0.2, 0.25) is 0 Å². The van der Waals surface area contributed by atoms with Gasteiger partial charge in [-0.1, -0.05) is 57.1 Å². The van der Waals surface area contributed by atoms with Crippen molar-refractivity contribution in [3.63, 3.8) is 0 Å². The van der Waals surface area contributed by atoms with Gasteiger partial charge in [0, 0.05) is 18.6 Å². The SMILES string of the molecule is N#C/C(=C\c1ccc2c(c1)OCC2)c1ccc(OCCCCCCCCCCCO)c(CO)c1. The maximum atomic E-state index is 9.86. The van der Waals surface area contributed by atoms with Crippen LogP contribution >= 0.6 is 0 Å². The van der Waals surface area contributed by atoms with Crippen LogP contribution in [0.5, 0.6) is 11.5 Å². The zero-order valence-corrected chi connectivity index (χ0v) is 20.1. The summed E-state index contributed by atoms with van der Waals surface area (Å²) in [6.45, 7) is 1.51. The summed E-state index contributed by atoms with van der Waals surface area (Å²) in [5.74, 6) is 1.57. The maximum Gasteiger partial charge on any atom is 0.124 e. The molecule has 0 aromatic heterocycles. The van der Waals surface area contributed by atoms with Gasteiger partial charge >= 0.3 is 0 Å². The molecule has 5 nitrogen and oxygen atoms in total. The van der Waals surface area contributed by atoms with Crippen LogP contribution in [0.1, 0.15) is 80.0 Å². The molecule has 0 unspecified atom stereocenters. The Morgan fingerprint density at radius 1 is 0.941 bits per heavy atom. The molecule has 2 aromatic carbocycles.